The molecule has 2 aromatic carbocycles. The molecule has 6 heteroatoms. The average Bonchev–Trinajstić information content (AvgIpc) is 2.53. The van der Waals surface area contributed by atoms with Crippen LogP contribution in [0.2, 0.25) is 5.02 Å². The number of anilines is 1. The van der Waals surface area contributed by atoms with Crippen LogP contribution in [-0.2, 0) is 9.59 Å². The Morgan fingerprint density at radius 3 is 2.43 bits per heavy atom. The van der Waals surface area contributed by atoms with Gasteiger partial charge in [0.2, 0.25) is 0 Å². The fourth-order valence-corrected chi connectivity index (χ4v) is 2.19. The van der Waals surface area contributed by atoms with E-state index in [1.807, 2.05) is 13.0 Å². The highest BCUT2D eigenvalue weighted by Gasteiger charge is 2.19. The van der Waals surface area contributed by atoms with Gasteiger partial charge in [0.05, 0.1) is 12.6 Å². The molecule has 2 amide bonds. The van der Waals surface area contributed by atoms with E-state index < -0.39 is 17.9 Å². The van der Waals surface area contributed by atoms with Crippen molar-refractivity contribution < 1.29 is 14.7 Å². The lowest BCUT2D eigenvalue weighted by molar-refractivity contribution is -0.136. The Kier molecular flexibility index (Phi) is 5.73. The number of hydrogen-bond acceptors (Lipinski definition) is 3. The molecule has 1 unspecified atom stereocenters. The summed E-state index contributed by atoms with van der Waals surface area (Å²) in [7, 11) is 0. The first-order chi connectivity index (χ1) is 11.0. The van der Waals surface area contributed by atoms with Crippen LogP contribution in [0.3, 0.4) is 0 Å². The maximum Gasteiger partial charge on any atom is 0.313 e. The van der Waals surface area contributed by atoms with Crippen LogP contribution in [0.1, 0.15) is 17.2 Å². The molecule has 0 heterocycles. The van der Waals surface area contributed by atoms with E-state index in [4.69, 9.17) is 11.6 Å². The van der Waals surface area contributed by atoms with Gasteiger partial charge in [-0.15, -0.1) is 0 Å². The second-order valence-corrected chi connectivity index (χ2v) is 5.52. The molecule has 0 bridgehead atoms. The van der Waals surface area contributed by atoms with Crippen LogP contribution in [0.25, 0.3) is 0 Å². The van der Waals surface area contributed by atoms with Gasteiger partial charge in [0, 0.05) is 10.7 Å². The predicted octanol–water partition coefficient (Wildman–Crippen LogP) is 2.44. The van der Waals surface area contributed by atoms with Crippen molar-refractivity contribution in [3.05, 3.63) is 64.7 Å². The van der Waals surface area contributed by atoms with Crippen molar-refractivity contribution in [3.63, 3.8) is 0 Å². The van der Waals surface area contributed by atoms with Gasteiger partial charge in [0.1, 0.15) is 0 Å². The Hall–Kier alpha value is -2.37. The molecule has 3 N–H and O–H groups in total. The zero-order valence-corrected chi connectivity index (χ0v) is 13.3. The fraction of sp³-hybridized carbons (Fsp3) is 0.176. The van der Waals surface area contributed by atoms with Crippen LogP contribution in [0.15, 0.2) is 48.5 Å². The molecular weight excluding hydrogens is 316 g/mol. The number of aliphatic hydroxyl groups is 1. The van der Waals surface area contributed by atoms with Gasteiger partial charge in [-0.3, -0.25) is 9.59 Å². The highest BCUT2D eigenvalue weighted by Crippen LogP contribution is 2.16. The zero-order valence-electron chi connectivity index (χ0n) is 12.5. The van der Waals surface area contributed by atoms with Crippen molar-refractivity contribution in [1.82, 2.24) is 5.32 Å². The molecule has 1 atom stereocenters. The summed E-state index contributed by atoms with van der Waals surface area (Å²) in [5, 5.41) is 15.0. The van der Waals surface area contributed by atoms with Crippen molar-refractivity contribution in [2.45, 2.75) is 13.0 Å². The minimum atomic E-state index is -0.819. The summed E-state index contributed by atoms with van der Waals surface area (Å²) in [5.41, 5.74) is 2.17. The first-order valence-corrected chi connectivity index (χ1v) is 7.42. The summed E-state index contributed by atoms with van der Waals surface area (Å²) >= 11 is 5.80. The predicted molar refractivity (Wildman–Crippen MR) is 89.2 cm³/mol. The standard InChI is InChI=1S/C17H17ClN2O3/c1-11-3-2-4-14(9-11)19-16(22)17(23)20-15(10-21)12-5-7-13(18)8-6-12/h2-9,15,21H,10H2,1H3,(H,19,22)(H,20,23). The summed E-state index contributed by atoms with van der Waals surface area (Å²) in [6.45, 7) is 1.56. The zero-order chi connectivity index (χ0) is 16.8. The van der Waals surface area contributed by atoms with Crippen LogP contribution >= 0.6 is 11.6 Å². The number of rotatable bonds is 4. The topological polar surface area (TPSA) is 78.4 Å². The van der Waals surface area contributed by atoms with E-state index in [1.54, 1.807) is 42.5 Å². The third-order valence-corrected chi connectivity index (χ3v) is 3.49. The number of halogens is 1. The van der Waals surface area contributed by atoms with Gasteiger partial charge in [-0.25, -0.2) is 0 Å². The number of nitrogens with one attached hydrogen (secondary N) is 2. The lowest BCUT2D eigenvalue weighted by atomic mass is 10.1. The van der Waals surface area contributed by atoms with Gasteiger partial charge in [0.15, 0.2) is 0 Å². The molecule has 23 heavy (non-hydrogen) atoms. The lowest BCUT2D eigenvalue weighted by Crippen LogP contribution is -2.39. The Labute approximate surface area is 139 Å². The van der Waals surface area contributed by atoms with Gasteiger partial charge in [-0.2, -0.15) is 0 Å². The highest BCUT2D eigenvalue weighted by molar-refractivity contribution is 6.39. The quantitative estimate of drug-likeness (QED) is 0.752. The molecule has 2 rings (SSSR count). The van der Waals surface area contributed by atoms with Crippen LogP contribution in [0, 0.1) is 6.92 Å². The number of aryl methyl sites for hydroxylation is 1. The molecule has 0 spiro atoms. The Bertz CT molecular complexity index is 701. The van der Waals surface area contributed by atoms with Gasteiger partial charge in [-0.1, -0.05) is 35.9 Å². The molecule has 0 aliphatic carbocycles. The Morgan fingerprint density at radius 2 is 1.83 bits per heavy atom. The largest absolute Gasteiger partial charge is 0.394 e. The fourth-order valence-electron chi connectivity index (χ4n) is 2.06. The monoisotopic (exact) mass is 332 g/mol. The van der Waals surface area contributed by atoms with Crippen LogP contribution in [-0.4, -0.2) is 23.5 Å². The van der Waals surface area contributed by atoms with Crippen molar-refractivity contribution in [2.75, 3.05) is 11.9 Å². The molecule has 0 fully saturated rings. The Morgan fingerprint density at radius 1 is 1.13 bits per heavy atom. The minimum Gasteiger partial charge on any atom is -0.394 e. The normalized spacial score (nSPS) is 11.6. The number of benzene rings is 2. The third kappa shape index (κ3) is 4.81. The first-order valence-electron chi connectivity index (χ1n) is 7.04. The van der Waals surface area contributed by atoms with Crippen molar-refractivity contribution >= 4 is 29.1 Å². The molecular formula is C17H17ClN2O3. The molecule has 0 saturated heterocycles. The molecule has 0 saturated carbocycles. The van der Waals surface area contributed by atoms with Crippen molar-refractivity contribution in [1.29, 1.82) is 0 Å². The second-order valence-electron chi connectivity index (χ2n) is 5.08. The van der Waals surface area contributed by atoms with E-state index >= 15 is 0 Å². The van der Waals surface area contributed by atoms with E-state index in [-0.39, 0.29) is 6.61 Å². The summed E-state index contributed by atoms with van der Waals surface area (Å²) in [6.07, 6.45) is 0. The molecule has 0 aliphatic heterocycles. The van der Waals surface area contributed by atoms with E-state index in [0.717, 1.165) is 5.56 Å². The number of carbonyl (C=O) groups is 2. The summed E-state index contributed by atoms with van der Waals surface area (Å²) in [5.74, 6) is -1.61. The van der Waals surface area contributed by atoms with E-state index in [0.29, 0.717) is 16.3 Å². The summed E-state index contributed by atoms with van der Waals surface area (Å²) in [6, 6.07) is 13.1. The highest BCUT2D eigenvalue weighted by atomic mass is 35.5. The SMILES string of the molecule is Cc1cccc(NC(=O)C(=O)NC(CO)c2ccc(Cl)cc2)c1. The van der Waals surface area contributed by atoms with Gasteiger partial charge >= 0.3 is 11.8 Å². The van der Waals surface area contributed by atoms with Crippen LogP contribution < -0.4 is 10.6 Å². The Balaban J connectivity index is 2.01. The third-order valence-electron chi connectivity index (χ3n) is 3.24. The van der Waals surface area contributed by atoms with Gasteiger partial charge < -0.3 is 15.7 Å². The maximum absolute atomic E-state index is 12.0. The molecule has 2 aromatic rings. The summed E-state index contributed by atoms with van der Waals surface area (Å²) < 4.78 is 0. The second kappa shape index (κ2) is 7.76. The number of amides is 2. The van der Waals surface area contributed by atoms with E-state index in [1.165, 1.54) is 0 Å². The van der Waals surface area contributed by atoms with E-state index in [2.05, 4.69) is 10.6 Å². The smallest absolute Gasteiger partial charge is 0.313 e. The molecule has 0 radical (unpaired) electrons. The number of carbonyl (C=O) groups excluding carboxylic acids is 2. The van der Waals surface area contributed by atoms with E-state index in [9.17, 15) is 14.7 Å². The van der Waals surface area contributed by atoms with Gasteiger partial charge in [0.25, 0.3) is 0 Å². The number of aliphatic hydroxyl groups excluding tert-OH is 1. The van der Waals surface area contributed by atoms with Crippen molar-refractivity contribution in [2.24, 2.45) is 0 Å². The van der Waals surface area contributed by atoms with Crippen LogP contribution in [0.4, 0.5) is 5.69 Å². The molecule has 5 nitrogen and oxygen atoms in total. The molecule has 0 aromatic heterocycles. The van der Waals surface area contributed by atoms with Crippen molar-refractivity contribution in [3.8, 4) is 0 Å². The minimum absolute atomic E-state index is 0.328. The average molecular weight is 333 g/mol. The molecule has 120 valence electrons. The van der Waals surface area contributed by atoms with Gasteiger partial charge in [-0.05, 0) is 42.3 Å². The van der Waals surface area contributed by atoms with Crippen LogP contribution in [0.5, 0.6) is 0 Å². The summed E-state index contributed by atoms with van der Waals surface area (Å²) in [4.78, 5) is 23.9. The first kappa shape index (κ1) is 17.0. The molecule has 0 aliphatic rings. The lowest BCUT2D eigenvalue weighted by Gasteiger charge is -2.16. The maximum atomic E-state index is 12.0. The number of hydrogen-bond donors (Lipinski definition) is 3.